The van der Waals surface area contributed by atoms with Gasteiger partial charge in [-0.1, -0.05) is 13.0 Å². The summed E-state index contributed by atoms with van der Waals surface area (Å²) in [5.74, 6) is 0. The van der Waals surface area contributed by atoms with Crippen molar-refractivity contribution in [2.45, 2.75) is 26.2 Å². The fourth-order valence-corrected chi connectivity index (χ4v) is 0.580. The molecule has 0 aromatic rings. The Morgan fingerprint density at radius 2 is 1.92 bits per heavy atom. The van der Waals surface area contributed by atoms with E-state index >= 15 is 0 Å². The molecule has 0 N–H and O–H groups in total. The lowest BCUT2D eigenvalue weighted by Crippen LogP contribution is -1.74. The van der Waals surface area contributed by atoms with Crippen molar-refractivity contribution in [2.75, 3.05) is 0 Å². The standard InChI is InChI=1S/C8H10N2.CO2/c1-2-8(7-10)5-3-4-6-9;2-1-3/h5H,2-4H2,1H3;/b8-5-;. The third-order valence-electron chi connectivity index (χ3n) is 1.17. The summed E-state index contributed by atoms with van der Waals surface area (Å²) in [4.78, 5) is 16.2. The van der Waals surface area contributed by atoms with Gasteiger partial charge >= 0.3 is 6.15 Å². The highest BCUT2D eigenvalue weighted by Crippen LogP contribution is 2.00. The van der Waals surface area contributed by atoms with E-state index in [1.807, 2.05) is 19.1 Å². The summed E-state index contributed by atoms with van der Waals surface area (Å²) < 4.78 is 0. The minimum atomic E-state index is 0.250. The summed E-state index contributed by atoms with van der Waals surface area (Å²) in [6.45, 7) is 1.93. The SMILES string of the molecule is CC/C(C#N)=C/CCC#N.O=C=O. The second kappa shape index (κ2) is 12.7. The van der Waals surface area contributed by atoms with Gasteiger partial charge in [0.15, 0.2) is 0 Å². The number of nitrogens with zero attached hydrogens (tertiary/aromatic N) is 2. The number of hydrogen-bond donors (Lipinski definition) is 0. The molecule has 0 aliphatic carbocycles. The Kier molecular flexibility index (Phi) is 13.4. The van der Waals surface area contributed by atoms with Crippen molar-refractivity contribution in [3.05, 3.63) is 11.6 Å². The Morgan fingerprint density at radius 1 is 1.38 bits per heavy atom. The van der Waals surface area contributed by atoms with E-state index < -0.39 is 0 Å². The molecule has 0 bridgehead atoms. The Morgan fingerprint density at radius 3 is 2.23 bits per heavy atom. The van der Waals surface area contributed by atoms with E-state index in [2.05, 4.69) is 6.07 Å². The van der Waals surface area contributed by atoms with Crippen LogP contribution >= 0.6 is 0 Å². The van der Waals surface area contributed by atoms with Crippen LogP contribution in [0.15, 0.2) is 11.6 Å². The lowest BCUT2D eigenvalue weighted by Gasteiger charge is -1.87. The number of carbonyl (C=O) groups excluding carboxylic acids is 2. The average molecular weight is 178 g/mol. The van der Waals surface area contributed by atoms with Crippen LogP contribution in [0.1, 0.15) is 26.2 Å². The molecule has 0 spiro atoms. The van der Waals surface area contributed by atoms with Crippen LogP contribution < -0.4 is 0 Å². The third-order valence-corrected chi connectivity index (χ3v) is 1.17. The maximum Gasteiger partial charge on any atom is 0.373 e. The quantitative estimate of drug-likeness (QED) is 0.485. The number of unbranched alkanes of at least 4 members (excludes halogenated alkanes) is 1. The molecule has 0 unspecified atom stereocenters. The first kappa shape index (κ1) is 13.7. The van der Waals surface area contributed by atoms with E-state index in [-0.39, 0.29) is 6.15 Å². The highest BCUT2D eigenvalue weighted by molar-refractivity contribution is 5.20. The molecule has 0 amide bonds. The Labute approximate surface area is 77.1 Å². The van der Waals surface area contributed by atoms with Gasteiger partial charge in [0.2, 0.25) is 0 Å². The van der Waals surface area contributed by atoms with Gasteiger partial charge < -0.3 is 0 Å². The molecule has 0 radical (unpaired) electrons. The second-order valence-electron chi connectivity index (χ2n) is 1.97. The van der Waals surface area contributed by atoms with Gasteiger partial charge in [-0.2, -0.15) is 20.1 Å². The fraction of sp³-hybridized carbons (Fsp3) is 0.444. The molecule has 0 fully saturated rings. The largest absolute Gasteiger partial charge is 0.373 e. The van der Waals surface area contributed by atoms with Crippen LogP contribution in [-0.4, -0.2) is 6.15 Å². The van der Waals surface area contributed by atoms with E-state index in [4.69, 9.17) is 20.1 Å². The molecule has 0 aliphatic heterocycles. The molecule has 0 saturated carbocycles. The lowest BCUT2D eigenvalue weighted by molar-refractivity contribution is -0.191. The molecule has 0 heterocycles. The van der Waals surface area contributed by atoms with E-state index in [1.54, 1.807) is 0 Å². The number of hydrogen-bond acceptors (Lipinski definition) is 4. The molecule has 0 aromatic carbocycles. The van der Waals surface area contributed by atoms with Crippen molar-refractivity contribution in [3.63, 3.8) is 0 Å². The predicted molar refractivity (Wildman–Crippen MR) is 43.8 cm³/mol. The summed E-state index contributed by atoms with van der Waals surface area (Å²) in [6.07, 6.45) is 4.05. The Hall–Kier alpha value is -1.90. The fourth-order valence-electron chi connectivity index (χ4n) is 0.580. The normalized spacial score (nSPS) is 8.38. The molecular formula is C9H10N2O2. The van der Waals surface area contributed by atoms with Crippen molar-refractivity contribution < 1.29 is 9.59 Å². The summed E-state index contributed by atoms with van der Waals surface area (Å²) in [5.41, 5.74) is 0.773. The first-order chi connectivity index (χ1) is 6.26. The molecule has 68 valence electrons. The van der Waals surface area contributed by atoms with Crippen molar-refractivity contribution in [1.29, 1.82) is 10.5 Å². The lowest BCUT2D eigenvalue weighted by atomic mass is 10.2. The first-order valence-corrected chi connectivity index (χ1v) is 3.72. The molecule has 4 nitrogen and oxygen atoms in total. The van der Waals surface area contributed by atoms with Crippen LogP contribution in [0.4, 0.5) is 0 Å². The van der Waals surface area contributed by atoms with Crippen molar-refractivity contribution in [3.8, 4) is 12.1 Å². The molecule has 0 saturated heterocycles. The highest BCUT2D eigenvalue weighted by atomic mass is 16.2. The van der Waals surface area contributed by atoms with Crippen LogP contribution in [0.5, 0.6) is 0 Å². The van der Waals surface area contributed by atoms with E-state index in [0.29, 0.717) is 12.8 Å². The van der Waals surface area contributed by atoms with Crippen LogP contribution in [0.25, 0.3) is 0 Å². The molecule has 13 heavy (non-hydrogen) atoms. The summed E-state index contributed by atoms with van der Waals surface area (Å²) >= 11 is 0. The zero-order valence-corrected chi connectivity index (χ0v) is 7.41. The Bertz CT molecular complexity index is 262. The number of allylic oxidation sites excluding steroid dienone is 2. The maximum atomic E-state index is 8.42. The topological polar surface area (TPSA) is 81.7 Å². The predicted octanol–water partition coefficient (Wildman–Crippen LogP) is 1.57. The molecule has 4 heteroatoms. The van der Waals surface area contributed by atoms with Gasteiger partial charge in [-0.25, -0.2) is 0 Å². The van der Waals surface area contributed by atoms with E-state index in [9.17, 15) is 0 Å². The minimum Gasteiger partial charge on any atom is -0.198 e. The zero-order valence-electron chi connectivity index (χ0n) is 7.41. The van der Waals surface area contributed by atoms with Gasteiger partial charge in [-0.05, 0) is 12.8 Å². The smallest absolute Gasteiger partial charge is 0.198 e. The van der Waals surface area contributed by atoms with Gasteiger partial charge in [0, 0.05) is 12.0 Å². The molecule has 0 aliphatic rings. The zero-order chi connectivity index (χ0) is 10.5. The van der Waals surface area contributed by atoms with Crippen molar-refractivity contribution >= 4 is 6.15 Å². The van der Waals surface area contributed by atoms with Crippen LogP contribution in [-0.2, 0) is 9.59 Å². The highest BCUT2D eigenvalue weighted by Gasteiger charge is 1.87. The monoisotopic (exact) mass is 178 g/mol. The molecule has 0 aromatic heterocycles. The van der Waals surface area contributed by atoms with Gasteiger partial charge in [0.1, 0.15) is 0 Å². The van der Waals surface area contributed by atoms with Crippen LogP contribution in [0.2, 0.25) is 0 Å². The van der Waals surface area contributed by atoms with E-state index in [0.717, 1.165) is 12.0 Å². The summed E-state index contributed by atoms with van der Waals surface area (Å²) in [5, 5.41) is 16.6. The Balaban J connectivity index is 0. The number of rotatable bonds is 3. The third kappa shape index (κ3) is 13.1. The maximum absolute atomic E-state index is 8.42. The van der Waals surface area contributed by atoms with Crippen LogP contribution in [0.3, 0.4) is 0 Å². The summed E-state index contributed by atoms with van der Waals surface area (Å²) in [6, 6.07) is 4.08. The van der Waals surface area contributed by atoms with Gasteiger partial charge in [-0.3, -0.25) is 0 Å². The van der Waals surface area contributed by atoms with Crippen molar-refractivity contribution in [1.82, 2.24) is 0 Å². The van der Waals surface area contributed by atoms with Gasteiger partial charge in [0.05, 0.1) is 12.1 Å². The minimum absolute atomic E-state index is 0.250. The first-order valence-electron chi connectivity index (χ1n) is 3.72. The van der Waals surface area contributed by atoms with Crippen molar-refractivity contribution in [2.24, 2.45) is 0 Å². The number of nitriles is 2. The summed E-state index contributed by atoms with van der Waals surface area (Å²) in [7, 11) is 0. The second-order valence-corrected chi connectivity index (χ2v) is 1.97. The average Bonchev–Trinajstić information content (AvgIpc) is 2.14. The van der Waals surface area contributed by atoms with Gasteiger partial charge in [-0.15, -0.1) is 0 Å². The van der Waals surface area contributed by atoms with E-state index in [1.165, 1.54) is 0 Å². The molecule has 0 atom stereocenters. The van der Waals surface area contributed by atoms with Crippen LogP contribution in [0, 0.1) is 22.7 Å². The van der Waals surface area contributed by atoms with Gasteiger partial charge in [0.25, 0.3) is 0 Å². The molecule has 0 rings (SSSR count). The molecular weight excluding hydrogens is 168 g/mol.